The first-order valence-corrected chi connectivity index (χ1v) is 10.3. The summed E-state index contributed by atoms with van der Waals surface area (Å²) in [5, 5.41) is 7.26. The molecule has 6 nitrogen and oxygen atoms in total. The van der Waals surface area contributed by atoms with Crippen molar-refractivity contribution in [3.63, 3.8) is 0 Å². The lowest BCUT2D eigenvalue weighted by Gasteiger charge is -2.18. The second-order valence-corrected chi connectivity index (χ2v) is 8.29. The van der Waals surface area contributed by atoms with Gasteiger partial charge in [-0.05, 0) is 51.0 Å². The zero-order valence-electron chi connectivity index (χ0n) is 14.7. The molecule has 2 N–H and O–H groups in total. The van der Waals surface area contributed by atoms with Crippen molar-refractivity contribution in [2.75, 3.05) is 10.0 Å². The van der Waals surface area contributed by atoms with Gasteiger partial charge in [0.2, 0.25) is 0 Å². The van der Waals surface area contributed by atoms with E-state index in [1.54, 1.807) is 26.0 Å². The lowest BCUT2D eigenvalue weighted by atomic mass is 10.1. The number of rotatable bonds is 5. The average Bonchev–Trinajstić information content (AvgIpc) is 2.75. The van der Waals surface area contributed by atoms with Crippen LogP contribution in [0.4, 0.5) is 11.4 Å². The van der Waals surface area contributed by atoms with E-state index in [2.05, 4.69) is 15.2 Å². The standard InChI is InChI=1S/C18H25N3O3S/c1-13-18(14(2)24-20-13)25(22,23)21-17-11-9-16(10-12-17)19-15-7-5-3-4-6-8-15/h9-12,15,19,21H,3-8H2,1-2H3. The number of nitrogens with one attached hydrogen (secondary N) is 2. The van der Waals surface area contributed by atoms with E-state index in [0.29, 0.717) is 17.4 Å². The Bertz CT molecular complexity index is 785. The van der Waals surface area contributed by atoms with Gasteiger partial charge in [-0.1, -0.05) is 30.8 Å². The molecule has 0 unspecified atom stereocenters. The second-order valence-electron chi connectivity index (χ2n) is 6.67. The van der Waals surface area contributed by atoms with Gasteiger partial charge in [0.15, 0.2) is 10.7 Å². The summed E-state index contributed by atoms with van der Waals surface area (Å²) >= 11 is 0. The SMILES string of the molecule is Cc1noc(C)c1S(=O)(=O)Nc1ccc(NC2CCCCCC2)cc1. The van der Waals surface area contributed by atoms with E-state index in [4.69, 9.17) is 4.52 Å². The highest BCUT2D eigenvalue weighted by atomic mass is 32.2. The highest BCUT2D eigenvalue weighted by molar-refractivity contribution is 7.92. The first kappa shape index (κ1) is 17.8. The Morgan fingerprint density at radius 2 is 1.60 bits per heavy atom. The Hall–Kier alpha value is -2.02. The highest BCUT2D eigenvalue weighted by Gasteiger charge is 2.24. The molecule has 0 radical (unpaired) electrons. The van der Waals surface area contributed by atoms with E-state index in [9.17, 15) is 8.42 Å². The van der Waals surface area contributed by atoms with Crippen molar-refractivity contribution >= 4 is 21.4 Å². The van der Waals surface area contributed by atoms with Crippen molar-refractivity contribution in [3.05, 3.63) is 35.7 Å². The fourth-order valence-electron chi connectivity index (χ4n) is 3.36. The molecule has 1 aromatic heterocycles. The Balaban J connectivity index is 1.68. The predicted molar refractivity (Wildman–Crippen MR) is 98.3 cm³/mol. The summed E-state index contributed by atoms with van der Waals surface area (Å²) in [6, 6.07) is 7.88. The van der Waals surface area contributed by atoms with E-state index in [1.165, 1.54) is 38.5 Å². The van der Waals surface area contributed by atoms with Crippen molar-refractivity contribution in [1.29, 1.82) is 0 Å². The monoisotopic (exact) mass is 363 g/mol. The largest absolute Gasteiger partial charge is 0.382 e. The van der Waals surface area contributed by atoms with E-state index in [-0.39, 0.29) is 10.7 Å². The second kappa shape index (κ2) is 7.47. The Labute approximate surface area is 149 Å². The predicted octanol–water partition coefficient (Wildman–Crippen LogP) is 4.23. The summed E-state index contributed by atoms with van der Waals surface area (Å²) in [5.41, 5.74) is 1.90. The number of nitrogens with zero attached hydrogens (tertiary/aromatic N) is 1. The van der Waals surface area contributed by atoms with Crippen LogP contribution in [-0.2, 0) is 10.0 Å². The third-order valence-electron chi connectivity index (χ3n) is 4.60. The van der Waals surface area contributed by atoms with E-state index >= 15 is 0 Å². The molecule has 1 heterocycles. The molecule has 0 amide bonds. The van der Waals surface area contributed by atoms with Crippen LogP contribution < -0.4 is 10.0 Å². The summed E-state index contributed by atoms with van der Waals surface area (Å²) < 4.78 is 32.6. The normalized spacial score (nSPS) is 16.4. The van der Waals surface area contributed by atoms with Gasteiger partial charge in [0, 0.05) is 17.4 Å². The van der Waals surface area contributed by atoms with Crippen molar-refractivity contribution in [1.82, 2.24) is 5.16 Å². The molecular formula is C18H25N3O3S. The van der Waals surface area contributed by atoms with Gasteiger partial charge in [-0.25, -0.2) is 8.42 Å². The number of hydrogen-bond acceptors (Lipinski definition) is 5. The van der Waals surface area contributed by atoms with E-state index in [1.807, 2.05) is 12.1 Å². The average molecular weight is 363 g/mol. The highest BCUT2D eigenvalue weighted by Crippen LogP contribution is 2.25. The molecule has 0 spiro atoms. The van der Waals surface area contributed by atoms with Crippen LogP contribution in [-0.4, -0.2) is 19.6 Å². The van der Waals surface area contributed by atoms with Gasteiger partial charge < -0.3 is 9.84 Å². The van der Waals surface area contributed by atoms with Gasteiger partial charge in [-0.2, -0.15) is 0 Å². The molecule has 0 saturated heterocycles. The van der Waals surface area contributed by atoms with Crippen LogP contribution in [0.1, 0.15) is 50.0 Å². The molecule has 0 bridgehead atoms. The van der Waals surface area contributed by atoms with Crippen LogP contribution in [0.3, 0.4) is 0 Å². The molecule has 0 atom stereocenters. The quantitative estimate of drug-likeness (QED) is 0.777. The Morgan fingerprint density at radius 1 is 1.00 bits per heavy atom. The van der Waals surface area contributed by atoms with Crippen molar-refractivity contribution < 1.29 is 12.9 Å². The minimum atomic E-state index is -3.70. The van der Waals surface area contributed by atoms with Crippen LogP contribution in [0.2, 0.25) is 0 Å². The summed E-state index contributed by atoms with van der Waals surface area (Å²) in [6.45, 7) is 3.21. The molecule has 0 aliphatic heterocycles. The zero-order chi connectivity index (χ0) is 17.9. The number of hydrogen-bond donors (Lipinski definition) is 2. The zero-order valence-corrected chi connectivity index (χ0v) is 15.5. The van der Waals surface area contributed by atoms with Gasteiger partial charge >= 0.3 is 0 Å². The van der Waals surface area contributed by atoms with Crippen LogP contribution in [0.5, 0.6) is 0 Å². The number of aryl methyl sites for hydroxylation is 2. The molecule has 25 heavy (non-hydrogen) atoms. The lowest BCUT2D eigenvalue weighted by Crippen LogP contribution is -2.18. The molecule has 1 saturated carbocycles. The number of benzene rings is 1. The minimum absolute atomic E-state index is 0.105. The number of anilines is 2. The van der Waals surface area contributed by atoms with Gasteiger partial charge in [0.25, 0.3) is 10.0 Å². The first-order chi connectivity index (χ1) is 12.0. The summed E-state index contributed by atoms with van der Waals surface area (Å²) in [7, 11) is -3.70. The van der Waals surface area contributed by atoms with Gasteiger partial charge in [0.05, 0.1) is 0 Å². The van der Waals surface area contributed by atoms with Crippen molar-refractivity contribution in [3.8, 4) is 0 Å². The fraction of sp³-hybridized carbons (Fsp3) is 0.500. The first-order valence-electron chi connectivity index (χ1n) is 8.78. The molecule has 7 heteroatoms. The Kier molecular flexibility index (Phi) is 5.32. The maximum Gasteiger partial charge on any atom is 0.267 e. The van der Waals surface area contributed by atoms with Crippen molar-refractivity contribution in [2.45, 2.75) is 63.3 Å². The van der Waals surface area contributed by atoms with Crippen LogP contribution in [0, 0.1) is 13.8 Å². The maximum absolute atomic E-state index is 12.5. The van der Waals surface area contributed by atoms with Gasteiger partial charge in [0.1, 0.15) is 5.69 Å². The lowest BCUT2D eigenvalue weighted by molar-refractivity contribution is 0.390. The molecule has 1 aromatic carbocycles. The van der Waals surface area contributed by atoms with Crippen LogP contribution >= 0.6 is 0 Å². The van der Waals surface area contributed by atoms with Gasteiger partial charge in [-0.15, -0.1) is 0 Å². The smallest absolute Gasteiger partial charge is 0.267 e. The molecular weight excluding hydrogens is 338 g/mol. The summed E-state index contributed by atoms with van der Waals surface area (Å²) in [5.74, 6) is 0.289. The fourth-order valence-corrected chi connectivity index (χ4v) is 4.75. The molecule has 3 rings (SSSR count). The molecule has 1 aliphatic rings. The van der Waals surface area contributed by atoms with Crippen LogP contribution in [0.25, 0.3) is 0 Å². The minimum Gasteiger partial charge on any atom is -0.382 e. The van der Waals surface area contributed by atoms with Crippen molar-refractivity contribution in [2.24, 2.45) is 0 Å². The molecule has 1 aliphatic carbocycles. The van der Waals surface area contributed by atoms with E-state index < -0.39 is 10.0 Å². The van der Waals surface area contributed by atoms with E-state index in [0.717, 1.165) is 5.69 Å². The molecule has 136 valence electrons. The number of sulfonamides is 1. The maximum atomic E-state index is 12.5. The number of aromatic nitrogens is 1. The van der Waals surface area contributed by atoms with Gasteiger partial charge in [-0.3, -0.25) is 4.72 Å². The third-order valence-corrected chi connectivity index (χ3v) is 6.22. The third kappa shape index (κ3) is 4.34. The van der Waals surface area contributed by atoms with Crippen LogP contribution in [0.15, 0.2) is 33.7 Å². The Morgan fingerprint density at radius 3 is 2.16 bits per heavy atom. The summed E-state index contributed by atoms with van der Waals surface area (Å²) in [4.78, 5) is 0.105. The molecule has 1 fully saturated rings. The summed E-state index contributed by atoms with van der Waals surface area (Å²) in [6.07, 6.45) is 7.57. The molecule has 2 aromatic rings. The topological polar surface area (TPSA) is 84.2 Å².